The van der Waals surface area contributed by atoms with Gasteiger partial charge in [-0.05, 0) is 55.9 Å². The number of alkyl carbamates (subject to hydrolysis) is 1. The van der Waals surface area contributed by atoms with Gasteiger partial charge in [0.1, 0.15) is 18.5 Å². The van der Waals surface area contributed by atoms with Crippen molar-refractivity contribution in [1.82, 2.24) is 20.6 Å². The van der Waals surface area contributed by atoms with E-state index in [-0.39, 0.29) is 25.0 Å². The number of amides is 2. The summed E-state index contributed by atoms with van der Waals surface area (Å²) < 4.78 is 10.3. The Balaban J connectivity index is 2.36. The summed E-state index contributed by atoms with van der Waals surface area (Å²) in [4.78, 5) is 45.3. The zero-order valence-electron chi connectivity index (χ0n) is 21.6. The highest BCUT2D eigenvalue weighted by atomic mass is 16.6. The SMILES string of the molecule is CCOC(=O)C[C@H](NC(=O)CNC(=O)OC(C)(C)C)c1cc(-c2cncnc2)cc(C(C)(C)C)c1. The first-order chi connectivity index (χ1) is 16.3. The molecule has 0 aliphatic heterocycles. The number of carbonyl (C=O) groups is 3. The average molecular weight is 485 g/mol. The fraction of sp³-hybridized carbons (Fsp3) is 0.500. The Labute approximate surface area is 207 Å². The minimum absolute atomic E-state index is 0.0651. The molecule has 0 fully saturated rings. The van der Waals surface area contributed by atoms with Crippen molar-refractivity contribution in [3.8, 4) is 11.1 Å². The van der Waals surface area contributed by atoms with E-state index in [1.165, 1.54) is 6.33 Å². The highest BCUT2D eigenvalue weighted by Gasteiger charge is 2.24. The molecule has 35 heavy (non-hydrogen) atoms. The van der Waals surface area contributed by atoms with Crippen LogP contribution in [0.15, 0.2) is 36.9 Å². The van der Waals surface area contributed by atoms with E-state index in [1.807, 2.05) is 12.1 Å². The molecule has 0 saturated heterocycles. The smallest absolute Gasteiger partial charge is 0.408 e. The molecule has 0 aliphatic rings. The molecular weight excluding hydrogens is 448 g/mol. The highest BCUT2D eigenvalue weighted by Crippen LogP contribution is 2.32. The summed E-state index contributed by atoms with van der Waals surface area (Å²) in [7, 11) is 0. The Hall–Kier alpha value is -3.49. The number of nitrogens with zero attached hydrogens (tertiary/aromatic N) is 2. The van der Waals surface area contributed by atoms with E-state index in [0.29, 0.717) is 0 Å². The van der Waals surface area contributed by atoms with Crippen LogP contribution in [0.5, 0.6) is 0 Å². The summed E-state index contributed by atoms with van der Waals surface area (Å²) in [5.74, 6) is -0.903. The second-order valence-corrected chi connectivity index (χ2v) is 10.2. The molecule has 0 radical (unpaired) electrons. The number of hydrogen-bond donors (Lipinski definition) is 2. The summed E-state index contributed by atoms with van der Waals surface area (Å²) in [6, 6.07) is 5.25. The molecule has 0 bridgehead atoms. The van der Waals surface area contributed by atoms with Crippen LogP contribution >= 0.6 is 0 Å². The highest BCUT2D eigenvalue weighted by molar-refractivity contribution is 5.83. The first-order valence-corrected chi connectivity index (χ1v) is 11.6. The summed E-state index contributed by atoms with van der Waals surface area (Å²) in [6.07, 6.45) is 4.12. The maximum atomic E-state index is 12.7. The topological polar surface area (TPSA) is 120 Å². The van der Waals surface area contributed by atoms with Gasteiger partial charge in [0.05, 0.1) is 19.1 Å². The van der Waals surface area contributed by atoms with Gasteiger partial charge in [0.15, 0.2) is 0 Å². The van der Waals surface area contributed by atoms with Crippen LogP contribution in [0.25, 0.3) is 11.1 Å². The molecule has 1 aromatic heterocycles. The van der Waals surface area contributed by atoms with Crippen molar-refractivity contribution < 1.29 is 23.9 Å². The van der Waals surface area contributed by atoms with Crippen molar-refractivity contribution in [3.63, 3.8) is 0 Å². The lowest BCUT2D eigenvalue weighted by molar-refractivity contribution is -0.143. The lowest BCUT2D eigenvalue weighted by atomic mass is 9.83. The first kappa shape index (κ1) is 27.8. The van der Waals surface area contributed by atoms with Crippen LogP contribution in [0.4, 0.5) is 4.79 Å². The number of rotatable bonds is 8. The van der Waals surface area contributed by atoms with Crippen molar-refractivity contribution in [2.24, 2.45) is 0 Å². The maximum Gasteiger partial charge on any atom is 0.408 e. The lowest BCUT2D eigenvalue weighted by Crippen LogP contribution is -2.41. The van der Waals surface area contributed by atoms with Gasteiger partial charge in [0, 0.05) is 18.0 Å². The van der Waals surface area contributed by atoms with Crippen LogP contribution in [-0.2, 0) is 24.5 Å². The number of ether oxygens (including phenoxy) is 2. The van der Waals surface area contributed by atoms with E-state index in [4.69, 9.17) is 9.47 Å². The molecule has 0 spiro atoms. The number of hydrogen-bond acceptors (Lipinski definition) is 7. The Kier molecular flexibility index (Phi) is 9.33. The zero-order valence-corrected chi connectivity index (χ0v) is 21.6. The van der Waals surface area contributed by atoms with E-state index < -0.39 is 29.6 Å². The molecule has 1 heterocycles. The Morgan fingerprint density at radius 2 is 1.63 bits per heavy atom. The zero-order chi connectivity index (χ0) is 26.2. The van der Waals surface area contributed by atoms with Crippen LogP contribution in [0.2, 0.25) is 0 Å². The second-order valence-electron chi connectivity index (χ2n) is 10.2. The Morgan fingerprint density at radius 1 is 0.971 bits per heavy atom. The van der Waals surface area contributed by atoms with Crippen molar-refractivity contribution in [3.05, 3.63) is 48.0 Å². The molecule has 2 aromatic rings. The molecule has 0 saturated carbocycles. The average Bonchev–Trinajstić information content (AvgIpc) is 2.76. The van der Waals surface area contributed by atoms with Gasteiger partial charge >= 0.3 is 12.1 Å². The Bertz CT molecular complexity index is 1030. The van der Waals surface area contributed by atoms with Crippen molar-refractivity contribution in [2.75, 3.05) is 13.2 Å². The molecule has 190 valence electrons. The van der Waals surface area contributed by atoms with Crippen LogP contribution in [-0.4, -0.2) is 46.7 Å². The predicted octanol–water partition coefficient (Wildman–Crippen LogP) is 4.08. The fourth-order valence-electron chi connectivity index (χ4n) is 3.25. The standard InChI is InChI=1S/C26H36N4O5/c1-8-34-23(32)12-21(30-22(31)15-29-24(33)35-26(5,6)7)18-9-17(19-13-27-16-28-14-19)10-20(11-18)25(2,3)4/h9-11,13-14,16,21H,8,12,15H2,1-7H3,(H,29,33)(H,30,31)/t21-/m0/s1. The van der Waals surface area contributed by atoms with E-state index >= 15 is 0 Å². The quantitative estimate of drug-likeness (QED) is 0.542. The fourth-order valence-corrected chi connectivity index (χ4v) is 3.25. The molecule has 2 rings (SSSR count). The molecule has 1 aromatic carbocycles. The number of benzene rings is 1. The van der Waals surface area contributed by atoms with Crippen LogP contribution < -0.4 is 10.6 Å². The van der Waals surface area contributed by atoms with Gasteiger partial charge in [0.25, 0.3) is 0 Å². The normalized spacial score (nSPS) is 12.4. The van der Waals surface area contributed by atoms with Crippen molar-refractivity contribution >= 4 is 18.0 Å². The molecule has 0 unspecified atom stereocenters. The summed E-state index contributed by atoms with van der Waals surface area (Å²) in [5.41, 5.74) is 2.55. The van der Waals surface area contributed by atoms with Crippen LogP contribution in [0.3, 0.4) is 0 Å². The maximum absolute atomic E-state index is 12.7. The second kappa shape index (κ2) is 11.8. The number of esters is 1. The third-order valence-corrected chi connectivity index (χ3v) is 4.92. The minimum atomic E-state index is -0.698. The van der Waals surface area contributed by atoms with E-state index in [9.17, 15) is 14.4 Å². The van der Waals surface area contributed by atoms with Gasteiger partial charge < -0.3 is 20.1 Å². The largest absolute Gasteiger partial charge is 0.466 e. The van der Waals surface area contributed by atoms with Gasteiger partial charge in [-0.25, -0.2) is 14.8 Å². The summed E-state index contributed by atoms with van der Waals surface area (Å²) in [6.45, 7) is 13.1. The molecule has 1 atom stereocenters. The van der Waals surface area contributed by atoms with Gasteiger partial charge in [-0.3, -0.25) is 9.59 Å². The third kappa shape index (κ3) is 9.35. The van der Waals surface area contributed by atoms with E-state index in [0.717, 1.165) is 22.3 Å². The van der Waals surface area contributed by atoms with E-state index in [1.54, 1.807) is 40.1 Å². The lowest BCUT2D eigenvalue weighted by Gasteiger charge is -2.25. The molecule has 9 heteroatoms. The van der Waals surface area contributed by atoms with Gasteiger partial charge in [0.2, 0.25) is 5.91 Å². The molecule has 2 N–H and O–H groups in total. The van der Waals surface area contributed by atoms with Gasteiger partial charge in [-0.1, -0.05) is 32.9 Å². The van der Waals surface area contributed by atoms with Crippen LogP contribution in [0, 0.1) is 0 Å². The van der Waals surface area contributed by atoms with Gasteiger partial charge in [-0.2, -0.15) is 0 Å². The monoisotopic (exact) mass is 484 g/mol. The van der Waals surface area contributed by atoms with E-state index in [2.05, 4.69) is 47.4 Å². The predicted molar refractivity (Wildman–Crippen MR) is 133 cm³/mol. The third-order valence-electron chi connectivity index (χ3n) is 4.92. The Morgan fingerprint density at radius 3 is 2.20 bits per heavy atom. The van der Waals surface area contributed by atoms with Crippen molar-refractivity contribution in [1.29, 1.82) is 0 Å². The van der Waals surface area contributed by atoms with Gasteiger partial charge in [-0.15, -0.1) is 0 Å². The summed E-state index contributed by atoms with van der Waals surface area (Å²) in [5, 5.41) is 5.30. The minimum Gasteiger partial charge on any atom is -0.466 e. The number of nitrogens with one attached hydrogen (secondary N) is 2. The first-order valence-electron chi connectivity index (χ1n) is 11.6. The molecule has 9 nitrogen and oxygen atoms in total. The molecule has 2 amide bonds. The number of carbonyl (C=O) groups excluding carboxylic acids is 3. The van der Waals surface area contributed by atoms with Crippen molar-refractivity contribution in [2.45, 2.75) is 71.9 Å². The molecule has 0 aliphatic carbocycles. The summed E-state index contributed by atoms with van der Waals surface area (Å²) >= 11 is 0. The van der Waals surface area contributed by atoms with Crippen LogP contribution in [0.1, 0.15) is 72.1 Å². The molecular formula is C26H36N4O5. The number of aromatic nitrogens is 2.